The Bertz CT molecular complexity index is 3210. The van der Waals surface area contributed by atoms with Crippen LogP contribution in [0.15, 0.2) is 91.1 Å². The van der Waals surface area contributed by atoms with E-state index in [2.05, 4.69) is 34.1 Å². The van der Waals surface area contributed by atoms with Crippen LogP contribution in [0.3, 0.4) is 0 Å². The summed E-state index contributed by atoms with van der Waals surface area (Å²) in [5, 5.41) is 20.4. The number of phenolic OH excluding ortho intramolecular Hbond substituents is 1. The molecule has 2 aromatic heterocycles. The van der Waals surface area contributed by atoms with Crippen molar-refractivity contribution in [3.05, 3.63) is 153 Å². The molecule has 1 N–H and O–H groups in total. The number of rotatable bonds is 13. The molecule has 14 nitrogen and oxygen atoms in total. The standard InChI is InChI=1S/C59H63FN8O6/c1-38-54(29-46(31-61)63(38)4)68(45-10-12-48(69)13-11-45)58(72)56-39(2)62(3)35-52(56)50-26-41-15-18-66(55(70)28-42-9-14-49(30-53(42)60)74-24-21-64-19-22-73-23-20-64)32-44(41)27-51(50)57(71)67-33-43-8-6-5-7-40(43)25-47(67)34-65-36-59(37-65)16-17-59/h5-14,26-27,29-30,35,47,69H,15-25,28,32-34,36-37H2,1-4H3/t47-/m0/s1. The second-order valence-corrected chi connectivity index (χ2v) is 21.1. The zero-order valence-corrected chi connectivity index (χ0v) is 42.7. The van der Waals surface area contributed by atoms with E-state index in [1.165, 1.54) is 36.6 Å². The van der Waals surface area contributed by atoms with Crippen LogP contribution >= 0.6 is 0 Å². The van der Waals surface area contributed by atoms with Crippen molar-refractivity contribution in [2.45, 2.75) is 65.1 Å². The molecular formula is C59H63FN8O6. The van der Waals surface area contributed by atoms with Gasteiger partial charge >= 0.3 is 0 Å². The summed E-state index contributed by atoms with van der Waals surface area (Å²) in [5.74, 6) is -0.793. The van der Waals surface area contributed by atoms with E-state index in [4.69, 9.17) is 9.47 Å². The highest BCUT2D eigenvalue weighted by Gasteiger charge is 2.52. The summed E-state index contributed by atoms with van der Waals surface area (Å²) in [5.41, 5.74) is 9.59. The summed E-state index contributed by atoms with van der Waals surface area (Å²) in [6, 6.07) is 27.3. The Hall–Kier alpha value is -7.25. The highest BCUT2D eigenvalue weighted by atomic mass is 19.1. The molecule has 3 amide bonds. The first-order valence-electron chi connectivity index (χ1n) is 25.9. The summed E-state index contributed by atoms with van der Waals surface area (Å²) in [6.07, 6.45) is 5.49. The third-order valence-corrected chi connectivity index (χ3v) is 16.4. The number of likely N-dealkylation sites (tertiary alicyclic amines) is 1. The molecule has 2 saturated heterocycles. The number of aromatic hydroxyl groups is 1. The number of benzene rings is 4. The van der Waals surface area contributed by atoms with Gasteiger partial charge in [0.25, 0.3) is 11.8 Å². The number of hydrogen-bond donors (Lipinski definition) is 1. The van der Waals surface area contributed by atoms with E-state index in [1.54, 1.807) is 51.7 Å². The molecule has 1 saturated carbocycles. The number of carbonyl (C=O) groups is 3. The Morgan fingerprint density at radius 2 is 1.62 bits per heavy atom. The summed E-state index contributed by atoms with van der Waals surface area (Å²) in [4.78, 5) is 55.8. The molecule has 5 aliphatic rings. The summed E-state index contributed by atoms with van der Waals surface area (Å²) < 4.78 is 30.6. The van der Waals surface area contributed by atoms with Gasteiger partial charge in [0, 0.05) is 120 Å². The molecule has 74 heavy (non-hydrogen) atoms. The van der Waals surface area contributed by atoms with Gasteiger partial charge in [-0.3, -0.25) is 24.2 Å². The molecule has 15 heteroatoms. The van der Waals surface area contributed by atoms with Gasteiger partial charge in [0.05, 0.1) is 30.9 Å². The molecule has 6 heterocycles. The maximum absolute atomic E-state index is 15.9. The smallest absolute Gasteiger partial charge is 0.265 e. The number of aryl methyl sites for hydroxylation is 1. The third-order valence-electron chi connectivity index (χ3n) is 16.4. The minimum absolute atomic E-state index is 0.0413. The van der Waals surface area contributed by atoms with Crippen LogP contribution in [0.5, 0.6) is 11.5 Å². The minimum atomic E-state index is -0.499. The fourth-order valence-electron chi connectivity index (χ4n) is 11.6. The second-order valence-electron chi connectivity index (χ2n) is 21.1. The number of carbonyl (C=O) groups excluding carboxylic acids is 3. The number of halogens is 1. The first-order chi connectivity index (χ1) is 35.8. The lowest BCUT2D eigenvalue weighted by atomic mass is 9.87. The molecule has 11 rings (SSSR count). The molecule has 0 bridgehead atoms. The quantitative estimate of drug-likeness (QED) is 0.123. The first-order valence-corrected chi connectivity index (χ1v) is 25.9. The van der Waals surface area contributed by atoms with E-state index in [9.17, 15) is 15.2 Å². The molecule has 1 aliphatic carbocycles. The van der Waals surface area contributed by atoms with E-state index in [1.807, 2.05) is 54.8 Å². The number of fused-ring (bicyclic) bond motifs is 2. The fourth-order valence-corrected chi connectivity index (χ4v) is 11.6. The van der Waals surface area contributed by atoms with E-state index in [-0.39, 0.29) is 48.0 Å². The minimum Gasteiger partial charge on any atom is -0.508 e. The molecule has 4 aliphatic heterocycles. The first kappa shape index (κ1) is 49.0. The maximum Gasteiger partial charge on any atom is 0.265 e. The fraction of sp³-hybridized carbons (Fsp3) is 0.390. The molecule has 0 unspecified atom stereocenters. The lowest BCUT2D eigenvalue weighted by molar-refractivity contribution is -0.131. The van der Waals surface area contributed by atoms with Crippen LogP contribution in [-0.4, -0.2) is 123 Å². The van der Waals surface area contributed by atoms with Crippen LogP contribution in [0.4, 0.5) is 15.8 Å². The van der Waals surface area contributed by atoms with Crippen LogP contribution < -0.4 is 9.64 Å². The molecule has 1 atom stereocenters. The Kier molecular flexibility index (Phi) is 13.2. The van der Waals surface area contributed by atoms with Crippen molar-refractivity contribution in [1.29, 1.82) is 5.26 Å². The van der Waals surface area contributed by atoms with Gasteiger partial charge < -0.3 is 38.4 Å². The van der Waals surface area contributed by atoms with Gasteiger partial charge in [0.1, 0.15) is 35.7 Å². The van der Waals surface area contributed by atoms with Crippen molar-refractivity contribution in [2.75, 3.05) is 70.5 Å². The largest absolute Gasteiger partial charge is 0.508 e. The van der Waals surface area contributed by atoms with Gasteiger partial charge in [0.15, 0.2) is 0 Å². The number of anilines is 2. The number of amides is 3. The van der Waals surface area contributed by atoms with E-state index >= 15 is 14.0 Å². The van der Waals surface area contributed by atoms with Crippen LogP contribution in [-0.2, 0) is 56.0 Å². The van der Waals surface area contributed by atoms with Crippen LogP contribution in [0.2, 0.25) is 0 Å². The topological polar surface area (TPSA) is 140 Å². The zero-order chi connectivity index (χ0) is 51.4. The molecule has 382 valence electrons. The second kappa shape index (κ2) is 19.9. The number of hydrogen-bond acceptors (Lipinski definition) is 9. The van der Waals surface area contributed by atoms with Crippen molar-refractivity contribution in [3.8, 4) is 28.7 Å². The van der Waals surface area contributed by atoms with Crippen molar-refractivity contribution < 1.29 is 33.4 Å². The van der Waals surface area contributed by atoms with Crippen molar-refractivity contribution >= 4 is 29.1 Å². The van der Waals surface area contributed by atoms with Gasteiger partial charge in [-0.15, -0.1) is 0 Å². The summed E-state index contributed by atoms with van der Waals surface area (Å²) in [6.45, 7) is 11.8. The normalized spacial score (nSPS) is 18.1. The average Bonchev–Trinajstić information content (AvgIpc) is 4.08. The molecule has 3 fully saturated rings. The maximum atomic E-state index is 15.9. The van der Waals surface area contributed by atoms with Gasteiger partial charge in [-0.25, -0.2) is 4.39 Å². The zero-order valence-electron chi connectivity index (χ0n) is 42.7. The lowest BCUT2D eigenvalue weighted by Crippen LogP contribution is -2.56. The van der Waals surface area contributed by atoms with Gasteiger partial charge in [-0.1, -0.05) is 30.3 Å². The molecule has 4 aromatic carbocycles. The molecule has 1 spiro atoms. The molecule has 0 radical (unpaired) electrons. The highest BCUT2D eigenvalue weighted by molar-refractivity contribution is 6.16. The summed E-state index contributed by atoms with van der Waals surface area (Å²) in [7, 11) is 3.67. The third kappa shape index (κ3) is 9.46. The van der Waals surface area contributed by atoms with Crippen molar-refractivity contribution in [1.82, 2.24) is 28.7 Å². The van der Waals surface area contributed by atoms with Gasteiger partial charge in [-0.2, -0.15) is 5.26 Å². The number of aromatic nitrogens is 2. The average molecular weight is 999 g/mol. The number of nitrogens with zero attached hydrogens (tertiary/aromatic N) is 8. The van der Waals surface area contributed by atoms with E-state index < -0.39 is 5.82 Å². The molecule has 6 aromatic rings. The van der Waals surface area contributed by atoms with Gasteiger partial charge in [-0.05, 0) is 127 Å². The van der Waals surface area contributed by atoms with Crippen LogP contribution in [0.25, 0.3) is 11.1 Å². The monoisotopic (exact) mass is 998 g/mol. The van der Waals surface area contributed by atoms with E-state index in [0.717, 1.165) is 49.4 Å². The number of ether oxygens (including phenoxy) is 2. The number of morpholine rings is 1. The van der Waals surface area contributed by atoms with Crippen molar-refractivity contribution in [2.24, 2.45) is 19.5 Å². The number of nitriles is 1. The Morgan fingerprint density at radius 1 is 0.865 bits per heavy atom. The lowest BCUT2D eigenvalue weighted by Gasteiger charge is -2.46. The van der Waals surface area contributed by atoms with E-state index in [0.29, 0.717) is 114 Å². The predicted octanol–water partition coefficient (Wildman–Crippen LogP) is 7.84. The van der Waals surface area contributed by atoms with Crippen molar-refractivity contribution in [3.63, 3.8) is 0 Å². The summed E-state index contributed by atoms with van der Waals surface area (Å²) >= 11 is 0. The van der Waals surface area contributed by atoms with Crippen LogP contribution in [0.1, 0.15) is 78.5 Å². The Morgan fingerprint density at radius 3 is 2.34 bits per heavy atom. The number of phenols is 1. The SMILES string of the molecule is Cc1c(C(=O)N(c2ccc(O)cc2)c2cc(C#N)n(C)c2C)c(-c2cc3c(cc2C(=O)N2Cc4ccccc4C[C@H]2CN2CC4(CC4)C2)CN(C(=O)Cc2ccc(OCCN4CCOCC4)cc2F)CC3)cn1C. The Balaban J connectivity index is 0.950. The highest BCUT2D eigenvalue weighted by Crippen LogP contribution is 2.53. The van der Waals surface area contributed by atoms with Crippen LogP contribution in [0, 0.1) is 36.4 Å². The predicted molar refractivity (Wildman–Crippen MR) is 279 cm³/mol. The van der Waals surface area contributed by atoms with Gasteiger partial charge in [0.2, 0.25) is 5.91 Å². The molecular weight excluding hydrogens is 936 g/mol. The Labute approximate surface area is 431 Å².